The number of amides is 1. The van der Waals surface area contributed by atoms with Gasteiger partial charge < -0.3 is 14.1 Å². The van der Waals surface area contributed by atoms with Gasteiger partial charge in [0.15, 0.2) is 5.43 Å². The number of nitro groups is 1. The number of para-hydroxylation sites is 1. The number of ether oxygens (including phenoxy) is 1. The summed E-state index contributed by atoms with van der Waals surface area (Å²) in [5.41, 5.74) is 1.33. The van der Waals surface area contributed by atoms with Crippen LogP contribution in [0.1, 0.15) is 33.3 Å². The van der Waals surface area contributed by atoms with Gasteiger partial charge in [0.2, 0.25) is 5.76 Å². The van der Waals surface area contributed by atoms with Crippen LogP contribution in [0.25, 0.3) is 11.0 Å². The number of hydrogen-bond donors (Lipinski definition) is 0. The lowest BCUT2D eigenvalue weighted by molar-refractivity contribution is -0.384. The Morgan fingerprint density at radius 2 is 1.79 bits per heavy atom. The second kappa shape index (κ2) is 7.90. The highest BCUT2D eigenvalue weighted by molar-refractivity contribution is 5.99. The van der Waals surface area contributed by atoms with Crippen LogP contribution in [-0.2, 0) is 6.54 Å². The second-order valence-corrected chi connectivity index (χ2v) is 7.71. The van der Waals surface area contributed by atoms with Crippen LogP contribution in [-0.4, -0.2) is 22.8 Å². The zero-order valence-electron chi connectivity index (χ0n) is 17.6. The Morgan fingerprint density at radius 1 is 1.03 bits per heavy atom. The summed E-state index contributed by atoms with van der Waals surface area (Å²) < 4.78 is 11.1. The van der Waals surface area contributed by atoms with E-state index in [1.54, 1.807) is 55.6 Å². The molecule has 1 amide bonds. The van der Waals surface area contributed by atoms with Gasteiger partial charge in [-0.25, -0.2) is 0 Å². The van der Waals surface area contributed by atoms with Crippen LogP contribution in [0.2, 0.25) is 0 Å². The van der Waals surface area contributed by atoms with Gasteiger partial charge in [-0.05, 0) is 35.4 Å². The van der Waals surface area contributed by atoms with Gasteiger partial charge in [-0.2, -0.15) is 0 Å². The standard InChI is InChI=1S/C25H18N2O6/c1-32-18-11-9-15(10-12-18)14-26-22(16-5-4-6-17(13-16)27(30)31)21-23(28)19-7-2-3-8-20(19)33-24(21)25(26)29/h2-13,22H,14H2,1H3. The van der Waals surface area contributed by atoms with Crippen molar-refractivity contribution >= 4 is 22.6 Å². The molecule has 3 aromatic carbocycles. The monoisotopic (exact) mass is 442 g/mol. The lowest BCUT2D eigenvalue weighted by Gasteiger charge is -2.25. The summed E-state index contributed by atoms with van der Waals surface area (Å²) in [5.74, 6) is 0.192. The molecule has 2 heterocycles. The molecule has 0 N–H and O–H groups in total. The van der Waals surface area contributed by atoms with E-state index >= 15 is 0 Å². The smallest absolute Gasteiger partial charge is 0.291 e. The Labute approximate surface area is 187 Å². The number of rotatable bonds is 5. The van der Waals surface area contributed by atoms with Crippen molar-refractivity contribution in [3.63, 3.8) is 0 Å². The molecule has 164 valence electrons. The van der Waals surface area contributed by atoms with E-state index in [4.69, 9.17) is 9.15 Å². The average molecular weight is 442 g/mol. The summed E-state index contributed by atoms with van der Waals surface area (Å²) in [5, 5.41) is 11.7. The van der Waals surface area contributed by atoms with Gasteiger partial charge >= 0.3 is 0 Å². The molecule has 8 heteroatoms. The molecule has 1 aliphatic heterocycles. The van der Waals surface area contributed by atoms with Crippen LogP contribution in [0.5, 0.6) is 5.75 Å². The molecule has 5 rings (SSSR count). The van der Waals surface area contributed by atoms with Crippen molar-refractivity contribution in [1.82, 2.24) is 4.90 Å². The first-order valence-electron chi connectivity index (χ1n) is 10.2. The molecular weight excluding hydrogens is 424 g/mol. The normalized spacial score (nSPS) is 15.0. The number of non-ortho nitro benzene ring substituents is 1. The number of fused-ring (bicyclic) bond motifs is 2. The van der Waals surface area contributed by atoms with E-state index < -0.39 is 16.9 Å². The maximum absolute atomic E-state index is 13.5. The van der Waals surface area contributed by atoms with Gasteiger partial charge in [0.25, 0.3) is 11.6 Å². The molecule has 0 saturated heterocycles. The van der Waals surface area contributed by atoms with Crippen molar-refractivity contribution in [3.05, 3.63) is 116 Å². The first kappa shape index (κ1) is 20.4. The van der Waals surface area contributed by atoms with E-state index in [1.165, 1.54) is 17.0 Å². The van der Waals surface area contributed by atoms with Crippen molar-refractivity contribution in [2.75, 3.05) is 7.11 Å². The van der Waals surface area contributed by atoms with Crippen molar-refractivity contribution in [2.24, 2.45) is 0 Å². The molecule has 1 aliphatic rings. The fourth-order valence-electron chi connectivity index (χ4n) is 4.21. The molecule has 1 aromatic heterocycles. The number of methoxy groups -OCH3 is 1. The predicted molar refractivity (Wildman–Crippen MR) is 120 cm³/mol. The molecule has 0 fully saturated rings. The summed E-state index contributed by atoms with van der Waals surface area (Å²) in [7, 11) is 1.57. The van der Waals surface area contributed by atoms with Gasteiger partial charge in [0, 0.05) is 18.7 Å². The third-order valence-corrected chi connectivity index (χ3v) is 5.78. The number of benzene rings is 3. The van der Waals surface area contributed by atoms with Crippen LogP contribution in [0.3, 0.4) is 0 Å². The Bertz CT molecular complexity index is 1460. The van der Waals surface area contributed by atoms with Crippen LogP contribution < -0.4 is 10.2 Å². The molecule has 8 nitrogen and oxygen atoms in total. The number of hydrogen-bond acceptors (Lipinski definition) is 6. The number of carbonyl (C=O) groups is 1. The first-order valence-corrected chi connectivity index (χ1v) is 10.2. The zero-order chi connectivity index (χ0) is 23.1. The molecule has 1 unspecified atom stereocenters. The first-order chi connectivity index (χ1) is 16.0. The highest BCUT2D eigenvalue weighted by Crippen LogP contribution is 2.40. The maximum Gasteiger partial charge on any atom is 0.291 e. The van der Waals surface area contributed by atoms with Crippen molar-refractivity contribution < 1.29 is 18.9 Å². The van der Waals surface area contributed by atoms with Gasteiger partial charge in [-0.15, -0.1) is 0 Å². The summed E-state index contributed by atoms with van der Waals surface area (Å²) in [6.07, 6.45) is 0. The van der Waals surface area contributed by atoms with Crippen LogP contribution in [0.15, 0.2) is 82.0 Å². The third kappa shape index (κ3) is 3.41. The Morgan fingerprint density at radius 3 is 2.52 bits per heavy atom. The Kier molecular flexibility index (Phi) is 4.90. The molecule has 33 heavy (non-hydrogen) atoms. The quantitative estimate of drug-likeness (QED) is 0.334. The van der Waals surface area contributed by atoms with E-state index in [-0.39, 0.29) is 29.0 Å². The predicted octanol–water partition coefficient (Wildman–Crippen LogP) is 4.46. The second-order valence-electron chi connectivity index (χ2n) is 7.71. The molecule has 0 saturated carbocycles. The summed E-state index contributed by atoms with van der Waals surface area (Å²) >= 11 is 0. The minimum Gasteiger partial charge on any atom is -0.497 e. The fourth-order valence-corrected chi connectivity index (χ4v) is 4.21. The Hall–Kier alpha value is -4.46. The fraction of sp³-hybridized carbons (Fsp3) is 0.120. The van der Waals surface area contributed by atoms with Crippen molar-refractivity contribution in [3.8, 4) is 5.75 Å². The molecular formula is C25H18N2O6. The van der Waals surface area contributed by atoms with E-state index in [1.807, 2.05) is 12.1 Å². The van der Waals surface area contributed by atoms with Crippen molar-refractivity contribution in [1.29, 1.82) is 0 Å². The zero-order valence-corrected chi connectivity index (χ0v) is 17.6. The number of nitrogens with zero attached hydrogens (tertiary/aromatic N) is 2. The molecule has 0 bridgehead atoms. The highest BCUT2D eigenvalue weighted by Gasteiger charge is 2.43. The van der Waals surface area contributed by atoms with Gasteiger partial charge in [0.1, 0.15) is 11.3 Å². The largest absolute Gasteiger partial charge is 0.497 e. The summed E-state index contributed by atoms with van der Waals surface area (Å²) in [4.78, 5) is 39.3. The average Bonchev–Trinajstić information content (AvgIpc) is 3.11. The van der Waals surface area contributed by atoms with Gasteiger partial charge in [-0.1, -0.05) is 36.4 Å². The van der Waals surface area contributed by atoms with Gasteiger partial charge in [0.05, 0.1) is 29.0 Å². The maximum atomic E-state index is 13.5. The van der Waals surface area contributed by atoms with Crippen LogP contribution in [0.4, 0.5) is 5.69 Å². The molecule has 4 aromatic rings. The van der Waals surface area contributed by atoms with E-state index in [2.05, 4.69) is 0 Å². The minimum atomic E-state index is -0.824. The van der Waals surface area contributed by atoms with E-state index in [0.29, 0.717) is 22.3 Å². The lowest BCUT2D eigenvalue weighted by atomic mass is 9.98. The third-order valence-electron chi connectivity index (χ3n) is 5.78. The minimum absolute atomic E-state index is 0.0382. The lowest BCUT2D eigenvalue weighted by Crippen LogP contribution is -2.29. The topological polar surface area (TPSA) is 103 Å². The van der Waals surface area contributed by atoms with Crippen molar-refractivity contribution in [2.45, 2.75) is 12.6 Å². The van der Waals surface area contributed by atoms with E-state index in [9.17, 15) is 19.7 Å². The van der Waals surface area contributed by atoms with Crippen LogP contribution >= 0.6 is 0 Å². The molecule has 1 atom stereocenters. The highest BCUT2D eigenvalue weighted by atomic mass is 16.6. The molecule has 0 radical (unpaired) electrons. The molecule has 0 spiro atoms. The van der Waals surface area contributed by atoms with E-state index in [0.717, 1.165) is 5.56 Å². The summed E-state index contributed by atoms with van der Waals surface area (Å²) in [6, 6.07) is 19.1. The SMILES string of the molecule is COc1ccc(CN2C(=O)c3oc4ccccc4c(=O)c3C2c2cccc([N+](=O)[O-])c2)cc1. The molecule has 0 aliphatic carbocycles. The Balaban J connectivity index is 1.69. The van der Waals surface area contributed by atoms with Crippen LogP contribution in [0, 0.1) is 10.1 Å². The number of nitro benzene ring substituents is 1. The summed E-state index contributed by atoms with van der Waals surface area (Å²) in [6.45, 7) is 0.177. The number of carbonyl (C=O) groups excluding carboxylic acids is 1. The van der Waals surface area contributed by atoms with Gasteiger partial charge in [-0.3, -0.25) is 19.7 Å².